The van der Waals surface area contributed by atoms with E-state index in [0.29, 0.717) is 19.1 Å². The van der Waals surface area contributed by atoms with E-state index < -0.39 is 6.10 Å². The number of hydrogen-bond donors (Lipinski definition) is 1. The van der Waals surface area contributed by atoms with E-state index in [2.05, 4.69) is 10.6 Å². The van der Waals surface area contributed by atoms with Crippen LogP contribution in [0.3, 0.4) is 0 Å². The highest BCUT2D eigenvalue weighted by molar-refractivity contribution is 5.76. The molecule has 1 unspecified atom stereocenters. The fourth-order valence-electron chi connectivity index (χ4n) is 2.51. The van der Waals surface area contributed by atoms with Crippen molar-refractivity contribution in [1.29, 1.82) is 0 Å². The maximum atomic E-state index is 10.2. The number of aliphatic hydroxyl groups excluding tert-OH is 1. The predicted molar refractivity (Wildman–Crippen MR) is 78.8 cm³/mol. The van der Waals surface area contributed by atoms with Gasteiger partial charge in [0.1, 0.15) is 5.82 Å². The topological polar surface area (TPSA) is 47.3 Å². The van der Waals surface area contributed by atoms with Crippen LogP contribution in [0.4, 0.5) is 0 Å². The number of nitrogens with zero attached hydrogens (tertiary/aromatic N) is 2. The van der Waals surface area contributed by atoms with Crippen molar-refractivity contribution in [3.05, 3.63) is 30.1 Å². The van der Waals surface area contributed by atoms with Crippen LogP contribution in [0.1, 0.15) is 38.4 Å². The fourth-order valence-corrected chi connectivity index (χ4v) is 2.51. The van der Waals surface area contributed by atoms with Gasteiger partial charge in [0.2, 0.25) is 0 Å². The first kappa shape index (κ1) is 13.6. The van der Waals surface area contributed by atoms with Gasteiger partial charge in [-0.05, 0) is 38.8 Å². The minimum Gasteiger partial charge on any atom is -0.389 e. The summed E-state index contributed by atoms with van der Waals surface area (Å²) in [7, 11) is 0. The predicted octanol–water partition coefficient (Wildman–Crippen LogP) is 2.70. The quantitative estimate of drug-likeness (QED) is 0.881. The maximum Gasteiger partial charge on any atom is 0.113 e. The molecule has 1 N–H and O–H groups in total. The zero-order chi connectivity index (χ0) is 14.1. The summed E-state index contributed by atoms with van der Waals surface area (Å²) in [5, 5.41) is 10.2. The van der Waals surface area contributed by atoms with Crippen molar-refractivity contribution in [3.8, 4) is 0 Å². The SMILES string of the molecule is CC(C)OCC(O)Cn1c(C2CC2)nc2ccccc21. The zero-order valence-corrected chi connectivity index (χ0v) is 12.1. The Balaban J connectivity index is 1.83. The molecular weight excluding hydrogens is 252 g/mol. The second-order valence-electron chi connectivity index (χ2n) is 5.88. The Labute approximate surface area is 119 Å². The molecule has 0 spiro atoms. The Hall–Kier alpha value is -1.39. The van der Waals surface area contributed by atoms with Gasteiger partial charge < -0.3 is 14.4 Å². The third-order valence-corrected chi connectivity index (χ3v) is 3.64. The van der Waals surface area contributed by atoms with E-state index in [0.717, 1.165) is 16.9 Å². The van der Waals surface area contributed by atoms with Gasteiger partial charge in [-0.25, -0.2) is 4.98 Å². The van der Waals surface area contributed by atoms with E-state index in [-0.39, 0.29) is 6.10 Å². The molecule has 0 amide bonds. The summed E-state index contributed by atoms with van der Waals surface area (Å²) in [6, 6.07) is 8.14. The van der Waals surface area contributed by atoms with Gasteiger partial charge in [-0.3, -0.25) is 0 Å². The first-order valence-corrected chi connectivity index (χ1v) is 7.40. The van der Waals surface area contributed by atoms with Crippen LogP contribution >= 0.6 is 0 Å². The fraction of sp³-hybridized carbons (Fsp3) is 0.562. The smallest absolute Gasteiger partial charge is 0.113 e. The summed E-state index contributed by atoms with van der Waals surface area (Å²) in [6.07, 6.45) is 2.07. The van der Waals surface area contributed by atoms with Gasteiger partial charge in [0.25, 0.3) is 0 Å². The number of ether oxygens (including phenoxy) is 1. The molecule has 1 saturated carbocycles. The third kappa shape index (κ3) is 2.86. The highest BCUT2D eigenvalue weighted by atomic mass is 16.5. The number of benzene rings is 1. The van der Waals surface area contributed by atoms with E-state index >= 15 is 0 Å². The van der Waals surface area contributed by atoms with Crippen molar-refractivity contribution in [1.82, 2.24) is 9.55 Å². The van der Waals surface area contributed by atoms with E-state index in [1.807, 2.05) is 32.0 Å². The minimum absolute atomic E-state index is 0.145. The van der Waals surface area contributed by atoms with Gasteiger partial charge >= 0.3 is 0 Å². The third-order valence-electron chi connectivity index (χ3n) is 3.64. The average Bonchev–Trinajstić information content (AvgIpc) is 3.21. The van der Waals surface area contributed by atoms with Crippen molar-refractivity contribution < 1.29 is 9.84 Å². The molecule has 4 heteroatoms. The molecule has 1 aromatic heterocycles. The lowest BCUT2D eigenvalue weighted by Gasteiger charge is -2.16. The Kier molecular flexibility index (Phi) is 3.76. The van der Waals surface area contributed by atoms with Gasteiger partial charge in [-0.2, -0.15) is 0 Å². The molecule has 0 aliphatic heterocycles. The Morgan fingerprint density at radius 2 is 2.10 bits per heavy atom. The van der Waals surface area contributed by atoms with Crippen LogP contribution in [-0.2, 0) is 11.3 Å². The van der Waals surface area contributed by atoms with Gasteiger partial charge in [-0.15, -0.1) is 0 Å². The minimum atomic E-state index is -0.493. The molecule has 1 atom stereocenters. The van der Waals surface area contributed by atoms with E-state index in [9.17, 15) is 5.11 Å². The molecule has 4 nitrogen and oxygen atoms in total. The molecule has 108 valence electrons. The Morgan fingerprint density at radius 1 is 1.35 bits per heavy atom. The van der Waals surface area contributed by atoms with Crippen molar-refractivity contribution in [2.45, 2.75) is 51.4 Å². The summed E-state index contributed by atoms with van der Waals surface area (Å²) in [6.45, 7) is 4.89. The summed E-state index contributed by atoms with van der Waals surface area (Å²) in [5.41, 5.74) is 2.13. The molecular formula is C16H22N2O2. The second-order valence-corrected chi connectivity index (χ2v) is 5.88. The number of rotatable bonds is 6. The molecule has 2 aromatic rings. The van der Waals surface area contributed by atoms with Crippen molar-refractivity contribution >= 4 is 11.0 Å². The number of hydrogen-bond acceptors (Lipinski definition) is 3. The molecule has 0 saturated heterocycles. The number of imidazole rings is 1. The van der Waals surface area contributed by atoms with E-state index in [1.54, 1.807) is 0 Å². The van der Waals surface area contributed by atoms with Gasteiger partial charge in [0, 0.05) is 5.92 Å². The summed E-state index contributed by atoms with van der Waals surface area (Å²) >= 11 is 0. The highest BCUT2D eigenvalue weighted by Crippen LogP contribution is 2.40. The molecule has 0 bridgehead atoms. The van der Waals surface area contributed by atoms with Gasteiger partial charge in [-0.1, -0.05) is 12.1 Å². The standard InChI is InChI=1S/C16H22N2O2/c1-11(2)20-10-13(19)9-18-15-6-4-3-5-14(15)17-16(18)12-7-8-12/h3-6,11-13,19H,7-10H2,1-2H3. The average molecular weight is 274 g/mol. The number of fused-ring (bicyclic) bond motifs is 1. The lowest BCUT2D eigenvalue weighted by atomic mass is 10.3. The van der Waals surface area contributed by atoms with Gasteiger partial charge in [0.15, 0.2) is 0 Å². The number of aliphatic hydroxyl groups is 1. The summed E-state index contributed by atoms with van der Waals surface area (Å²) < 4.78 is 7.66. The largest absolute Gasteiger partial charge is 0.389 e. The van der Waals surface area contributed by atoms with Crippen molar-refractivity contribution in [2.75, 3.05) is 6.61 Å². The normalized spacial score (nSPS) is 17.0. The van der Waals surface area contributed by atoms with Crippen LogP contribution in [0.15, 0.2) is 24.3 Å². The first-order chi connectivity index (χ1) is 9.65. The lowest BCUT2D eigenvalue weighted by Crippen LogP contribution is -2.24. The van der Waals surface area contributed by atoms with Crippen LogP contribution in [0, 0.1) is 0 Å². The van der Waals surface area contributed by atoms with Crippen molar-refractivity contribution in [2.24, 2.45) is 0 Å². The lowest BCUT2D eigenvalue weighted by molar-refractivity contribution is -0.000561. The molecule has 1 aliphatic carbocycles. The molecule has 3 rings (SSSR count). The molecule has 1 aliphatic rings. The Bertz CT molecular complexity index is 587. The Morgan fingerprint density at radius 3 is 2.80 bits per heavy atom. The van der Waals surface area contributed by atoms with Crippen LogP contribution in [0.25, 0.3) is 11.0 Å². The molecule has 20 heavy (non-hydrogen) atoms. The van der Waals surface area contributed by atoms with Crippen LogP contribution in [-0.4, -0.2) is 33.5 Å². The van der Waals surface area contributed by atoms with Gasteiger partial charge in [0.05, 0.1) is 36.4 Å². The first-order valence-electron chi connectivity index (χ1n) is 7.40. The van der Waals surface area contributed by atoms with E-state index in [4.69, 9.17) is 9.72 Å². The highest BCUT2D eigenvalue weighted by Gasteiger charge is 2.30. The monoisotopic (exact) mass is 274 g/mol. The summed E-state index contributed by atoms with van der Waals surface area (Å²) in [4.78, 5) is 4.73. The molecule has 1 fully saturated rings. The van der Waals surface area contributed by atoms with E-state index in [1.165, 1.54) is 12.8 Å². The van der Waals surface area contributed by atoms with Crippen LogP contribution in [0.5, 0.6) is 0 Å². The molecule has 1 heterocycles. The number of para-hydroxylation sites is 2. The van der Waals surface area contributed by atoms with Crippen molar-refractivity contribution in [3.63, 3.8) is 0 Å². The summed E-state index contributed by atoms with van der Waals surface area (Å²) in [5.74, 6) is 1.69. The molecule has 1 aromatic carbocycles. The molecule has 0 radical (unpaired) electrons. The van der Waals surface area contributed by atoms with Crippen LogP contribution < -0.4 is 0 Å². The number of aromatic nitrogens is 2. The second kappa shape index (κ2) is 5.54. The van der Waals surface area contributed by atoms with Crippen LogP contribution in [0.2, 0.25) is 0 Å². The zero-order valence-electron chi connectivity index (χ0n) is 12.1. The maximum absolute atomic E-state index is 10.2.